The molecule has 18 heavy (non-hydrogen) atoms. The number of hydrogen-bond donors (Lipinski definition) is 1. The van der Waals surface area contributed by atoms with E-state index in [1.54, 1.807) is 0 Å². The fourth-order valence-corrected chi connectivity index (χ4v) is 3.52. The summed E-state index contributed by atoms with van der Waals surface area (Å²) in [4.78, 5) is 0. The number of aromatic nitrogens is 2. The summed E-state index contributed by atoms with van der Waals surface area (Å²) in [5, 5.41) is 7.83. The number of nitrogens with zero attached hydrogens (tertiary/aromatic N) is 2. The molecule has 98 valence electrons. The third-order valence-electron chi connectivity index (χ3n) is 2.76. The minimum atomic E-state index is 0.107. The Morgan fingerprint density at radius 3 is 2.78 bits per heavy atom. The monoisotopic (exact) mass is 303 g/mol. The zero-order valence-corrected chi connectivity index (χ0v) is 12.8. The van der Waals surface area contributed by atoms with Crippen LogP contribution >= 0.6 is 34.5 Å². The zero-order valence-electron chi connectivity index (χ0n) is 10.5. The lowest BCUT2D eigenvalue weighted by Crippen LogP contribution is -2.06. The highest BCUT2D eigenvalue weighted by atomic mass is 35.5. The first-order valence-corrected chi connectivity index (χ1v) is 7.32. The van der Waals surface area contributed by atoms with Gasteiger partial charge in [-0.3, -0.25) is 4.68 Å². The average molecular weight is 304 g/mol. The second-order valence-corrected chi connectivity index (χ2v) is 6.45. The lowest BCUT2D eigenvalue weighted by Gasteiger charge is -2.14. The number of nitrogens with one attached hydrogen (secondary N) is 1. The van der Waals surface area contributed by atoms with Crippen LogP contribution in [-0.2, 0) is 13.5 Å². The molecule has 0 aromatic carbocycles. The van der Waals surface area contributed by atoms with Crippen molar-refractivity contribution in [3.05, 3.63) is 32.2 Å². The number of thiophene rings is 1. The molecule has 1 N–H and O–H groups in total. The number of halogens is 2. The van der Waals surface area contributed by atoms with Gasteiger partial charge in [-0.15, -0.1) is 11.3 Å². The Balaban J connectivity index is 2.20. The van der Waals surface area contributed by atoms with Crippen LogP contribution in [0.5, 0.6) is 0 Å². The van der Waals surface area contributed by atoms with Gasteiger partial charge >= 0.3 is 0 Å². The highest BCUT2D eigenvalue weighted by molar-refractivity contribution is 7.20. The molecule has 0 fully saturated rings. The Hall–Kier alpha value is -0.710. The van der Waals surface area contributed by atoms with Gasteiger partial charge in [0.1, 0.15) is 0 Å². The number of rotatable bonds is 4. The molecule has 0 aliphatic heterocycles. The van der Waals surface area contributed by atoms with Gasteiger partial charge in [0.2, 0.25) is 0 Å². The fourth-order valence-electron chi connectivity index (χ4n) is 1.88. The van der Waals surface area contributed by atoms with Crippen LogP contribution in [0.4, 0.5) is 5.69 Å². The predicted molar refractivity (Wildman–Crippen MR) is 79.0 cm³/mol. The normalized spacial score (nSPS) is 12.7. The first-order valence-electron chi connectivity index (χ1n) is 5.75. The number of aryl methyl sites for hydroxylation is 2. The molecule has 0 saturated carbocycles. The zero-order chi connectivity index (χ0) is 13.3. The molecule has 2 aromatic rings. The van der Waals surface area contributed by atoms with E-state index in [0.29, 0.717) is 4.34 Å². The Kier molecular flexibility index (Phi) is 4.20. The van der Waals surface area contributed by atoms with Crippen molar-refractivity contribution in [2.24, 2.45) is 7.05 Å². The number of anilines is 1. The Bertz CT molecular complexity index is 548. The van der Waals surface area contributed by atoms with E-state index in [1.807, 2.05) is 24.0 Å². The fraction of sp³-hybridized carbons (Fsp3) is 0.417. The van der Waals surface area contributed by atoms with Crippen LogP contribution in [0.1, 0.15) is 31.1 Å². The standard InChI is InChI=1S/C12H15Cl2N3S/c1-4-9-10(6-17(3)16-9)15-7(2)8-5-11(13)18-12(8)14/h5-7,15H,4H2,1-3H3. The van der Waals surface area contributed by atoms with Gasteiger partial charge in [0, 0.05) is 18.8 Å². The van der Waals surface area contributed by atoms with Crippen molar-refractivity contribution in [2.75, 3.05) is 5.32 Å². The van der Waals surface area contributed by atoms with Crippen LogP contribution in [-0.4, -0.2) is 9.78 Å². The van der Waals surface area contributed by atoms with Crippen molar-refractivity contribution in [1.29, 1.82) is 0 Å². The first kappa shape index (κ1) is 13.7. The topological polar surface area (TPSA) is 29.9 Å². The molecule has 0 spiro atoms. The maximum Gasteiger partial charge on any atom is 0.0996 e. The molecular weight excluding hydrogens is 289 g/mol. The van der Waals surface area contributed by atoms with E-state index >= 15 is 0 Å². The molecular formula is C12H15Cl2N3S. The van der Waals surface area contributed by atoms with Crippen molar-refractivity contribution in [3.8, 4) is 0 Å². The predicted octanol–water partition coefficient (Wildman–Crippen LogP) is 4.52. The Morgan fingerprint density at radius 2 is 2.22 bits per heavy atom. The van der Waals surface area contributed by atoms with E-state index < -0.39 is 0 Å². The molecule has 2 rings (SSSR count). The smallest absolute Gasteiger partial charge is 0.0996 e. The van der Waals surface area contributed by atoms with E-state index in [9.17, 15) is 0 Å². The summed E-state index contributed by atoms with van der Waals surface area (Å²) in [5.74, 6) is 0. The third kappa shape index (κ3) is 2.82. The highest BCUT2D eigenvalue weighted by Gasteiger charge is 2.15. The molecule has 0 aliphatic carbocycles. The van der Waals surface area contributed by atoms with E-state index in [0.717, 1.165) is 27.7 Å². The first-order chi connectivity index (χ1) is 8.51. The van der Waals surface area contributed by atoms with E-state index in [1.165, 1.54) is 11.3 Å². The number of hydrogen-bond acceptors (Lipinski definition) is 3. The van der Waals surface area contributed by atoms with Crippen LogP contribution in [0.25, 0.3) is 0 Å². The SMILES string of the molecule is CCc1nn(C)cc1NC(C)c1cc(Cl)sc1Cl. The summed E-state index contributed by atoms with van der Waals surface area (Å²) in [6.45, 7) is 4.16. The minimum absolute atomic E-state index is 0.107. The van der Waals surface area contributed by atoms with Crippen LogP contribution in [0.15, 0.2) is 12.3 Å². The maximum atomic E-state index is 6.16. The van der Waals surface area contributed by atoms with Gasteiger partial charge in [-0.1, -0.05) is 30.1 Å². The van der Waals surface area contributed by atoms with Gasteiger partial charge < -0.3 is 5.32 Å². The molecule has 2 aromatic heterocycles. The lowest BCUT2D eigenvalue weighted by atomic mass is 10.1. The van der Waals surface area contributed by atoms with Crippen molar-refractivity contribution in [3.63, 3.8) is 0 Å². The summed E-state index contributed by atoms with van der Waals surface area (Å²) in [5.41, 5.74) is 3.13. The van der Waals surface area contributed by atoms with Gasteiger partial charge in [0.25, 0.3) is 0 Å². The second kappa shape index (κ2) is 5.51. The van der Waals surface area contributed by atoms with Crippen LogP contribution in [0.2, 0.25) is 8.67 Å². The highest BCUT2D eigenvalue weighted by Crippen LogP contribution is 2.36. The summed E-state index contributed by atoms with van der Waals surface area (Å²) >= 11 is 13.5. The molecule has 1 atom stereocenters. The quantitative estimate of drug-likeness (QED) is 0.899. The van der Waals surface area contributed by atoms with Crippen molar-refractivity contribution in [1.82, 2.24) is 9.78 Å². The molecule has 0 saturated heterocycles. The van der Waals surface area contributed by atoms with Gasteiger partial charge in [-0.2, -0.15) is 5.10 Å². The largest absolute Gasteiger partial charge is 0.376 e. The minimum Gasteiger partial charge on any atom is -0.376 e. The van der Waals surface area contributed by atoms with Crippen molar-refractivity contribution in [2.45, 2.75) is 26.3 Å². The van der Waals surface area contributed by atoms with Gasteiger partial charge in [0.05, 0.1) is 26.1 Å². The molecule has 6 heteroatoms. The lowest BCUT2D eigenvalue weighted by molar-refractivity contribution is 0.746. The molecule has 2 heterocycles. The second-order valence-electron chi connectivity index (χ2n) is 4.16. The van der Waals surface area contributed by atoms with E-state index in [-0.39, 0.29) is 6.04 Å². The van der Waals surface area contributed by atoms with Crippen LogP contribution in [0, 0.1) is 0 Å². The summed E-state index contributed by atoms with van der Waals surface area (Å²) in [6, 6.07) is 2.02. The summed E-state index contributed by atoms with van der Waals surface area (Å²) in [7, 11) is 1.92. The average Bonchev–Trinajstić information content (AvgIpc) is 2.81. The molecule has 0 bridgehead atoms. The maximum absolute atomic E-state index is 6.16. The van der Waals surface area contributed by atoms with Crippen LogP contribution < -0.4 is 5.32 Å². The van der Waals surface area contributed by atoms with E-state index in [2.05, 4.69) is 24.3 Å². The summed E-state index contributed by atoms with van der Waals surface area (Å²) < 4.78 is 3.27. The molecule has 3 nitrogen and oxygen atoms in total. The Labute approximate surface area is 121 Å². The van der Waals surface area contributed by atoms with Gasteiger partial charge in [0.15, 0.2) is 0 Å². The molecule has 0 aliphatic rings. The van der Waals surface area contributed by atoms with Gasteiger partial charge in [-0.25, -0.2) is 0 Å². The van der Waals surface area contributed by atoms with Crippen molar-refractivity contribution < 1.29 is 0 Å². The van der Waals surface area contributed by atoms with Crippen LogP contribution in [0.3, 0.4) is 0 Å². The molecule has 1 unspecified atom stereocenters. The van der Waals surface area contributed by atoms with Crippen molar-refractivity contribution >= 4 is 40.2 Å². The Morgan fingerprint density at radius 1 is 1.50 bits per heavy atom. The molecule has 0 amide bonds. The van der Waals surface area contributed by atoms with Gasteiger partial charge in [-0.05, 0) is 19.4 Å². The molecule has 0 radical (unpaired) electrons. The third-order valence-corrected chi connectivity index (χ3v) is 4.28. The summed E-state index contributed by atoms with van der Waals surface area (Å²) in [6.07, 6.45) is 2.88. The van der Waals surface area contributed by atoms with E-state index in [4.69, 9.17) is 23.2 Å².